The third-order valence-electron chi connectivity index (χ3n) is 5.56. The minimum atomic E-state index is -0.894. The molecule has 1 amide bonds. The van der Waals surface area contributed by atoms with Gasteiger partial charge in [0.05, 0.1) is 13.0 Å². The number of hydrogen-bond donors (Lipinski definition) is 2. The van der Waals surface area contributed by atoms with Gasteiger partial charge in [-0.2, -0.15) is 0 Å². The molecule has 146 valence electrons. The smallest absolute Gasteiger partial charge is 0.407 e. The number of alkyl carbamates (subject to hydrolysis) is 1. The van der Waals surface area contributed by atoms with Crippen molar-refractivity contribution in [1.82, 2.24) is 5.32 Å². The zero-order chi connectivity index (χ0) is 19.5. The van der Waals surface area contributed by atoms with Crippen LogP contribution in [0.1, 0.15) is 29.9 Å². The molecule has 2 aromatic rings. The zero-order valence-corrected chi connectivity index (χ0v) is 15.5. The van der Waals surface area contributed by atoms with Gasteiger partial charge in [-0.1, -0.05) is 48.5 Å². The van der Waals surface area contributed by atoms with E-state index in [1.807, 2.05) is 24.3 Å². The molecular formula is C22H23NO5. The minimum Gasteiger partial charge on any atom is -0.481 e. The van der Waals surface area contributed by atoms with Gasteiger partial charge in [0.2, 0.25) is 0 Å². The average molecular weight is 381 g/mol. The number of benzene rings is 2. The van der Waals surface area contributed by atoms with E-state index in [1.165, 1.54) is 11.1 Å². The van der Waals surface area contributed by atoms with Crippen molar-refractivity contribution in [2.24, 2.45) is 5.92 Å². The molecule has 0 spiro atoms. The van der Waals surface area contributed by atoms with Crippen molar-refractivity contribution < 1.29 is 24.2 Å². The Morgan fingerprint density at radius 1 is 1.07 bits per heavy atom. The Balaban J connectivity index is 1.42. The molecule has 1 heterocycles. The highest BCUT2D eigenvalue weighted by molar-refractivity contribution is 5.79. The summed E-state index contributed by atoms with van der Waals surface area (Å²) in [4.78, 5) is 23.4. The van der Waals surface area contributed by atoms with Crippen molar-refractivity contribution in [3.05, 3.63) is 59.7 Å². The van der Waals surface area contributed by atoms with E-state index < -0.39 is 12.1 Å². The van der Waals surface area contributed by atoms with Gasteiger partial charge in [0.1, 0.15) is 6.61 Å². The quantitative estimate of drug-likeness (QED) is 0.829. The molecular weight excluding hydrogens is 358 g/mol. The first-order valence-electron chi connectivity index (χ1n) is 9.54. The van der Waals surface area contributed by atoms with Crippen LogP contribution in [-0.4, -0.2) is 43.0 Å². The number of carbonyl (C=O) groups is 2. The molecule has 1 saturated heterocycles. The van der Waals surface area contributed by atoms with Crippen molar-refractivity contribution in [1.29, 1.82) is 0 Å². The predicted octanol–water partition coefficient (Wildman–Crippen LogP) is 3.40. The molecule has 28 heavy (non-hydrogen) atoms. The van der Waals surface area contributed by atoms with Gasteiger partial charge in [0, 0.05) is 24.5 Å². The van der Waals surface area contributed by atoms with Gasteiger partial charge < -0.3 is 19.9 Å². The number of carboxylic acid groups (broad SMARTS) is 1. The van der Waals surface area contributed by atoms with Gasteiger partial charge >= 0.3 is 12.1 Å². The molecule has 1 aliphatic heterocycles. The summed E-state index contributed by atoms with van der Waals surface area (Å²) in [5, 5.41) is 11.9. The van der Waals surface area contributed by atoms with E-state index in [2.05, 4.69) is 29.6 Å². The number of nitrogens with one attached hydrogen (secondary N) is 1. The molecule has 0 aromatic heterocycles. The van der Waals surface area contributed by atoms with Gasteiger partial charge in [-0.15, -0.1) is 0 Å². The Morgan fingerprint density at radius 3 is 2.36 bits per heavy atom. The Kier molecular flexibility index (Phi) is 5.30. The van der Waals surface area contributed by atoms with Crippen LogP contribution < -0.4 is 5.32 Å². The molecule has 2 aliphatic rings. The van der Waals surface area contributed by atoms with Crippen molar-refractivity contribution in [2.45, 2.75) is 24.8 Å². The number of carbonyl (C=O) groups excluding carboxylic acids is 1. The van der Waals surface area contributed by atoms with E-state index >= 15 is 0 Å². The maximum Gasteiger partial charge on any atom is 0.407 e. The van der Waals surface area contributed by atoms with Crippen LogP contribution in [0.3, 0.4) is 0 Å². The molecule has 2 N–H and O–H groups in total. The van der Waals surface area contributed by atoms with Gasteiger partial charge in [0.15, 0.2) is 0 Å². The fourth-order valence-electron chi connectivity index (χ4n) is 4.20. The molecule has 6 heteroatoms. The fourth-order valence-corrected chi connectivity index (χ4v) is 4.20. The van der Waals surface area contributed by atoms with Crippen LogP contribution in [0.4, 0.5) is 4.79 Å². The summed E-state index contributed by atoms with van der Waals surface area (Å²) < 4.78 is 10.9. The molecule has 2 aromatic carbocycles. The van der Waals surface area contributed by atoms with E-state index in [4.69, 9.17) is 14.6 Å². The summed E-state index contributed by atoms with van der Waals surface area (Å²) >= 11 is 0. The number of carboxylic acids is 1. The lowest BCUT2D eigenvalue weighted by molar-refractivity contribution is -0.139. The van der Waals surface area contributed by atoms with E-state index in [1.54, 1.807) is 0 Å². The van der Waals surface area contributed by atoms with E-state index in [0.29, 0.717) is 19.6 Å². The first-order valence-corrected chi connectivity index (χ1v) is 9.54. The second-order valence-corrected chi connectivity index (χ2v) is 7.30. The highest BCUT2D eigenvalue weighted by Gasteiger charge is 2.31. The maximum atomic E-state index is 12.4. The van der Waals surface area contributed by atoms with E-state index in [0.717, 1.165) is 11.1 Å². The second-order valence-electron chi connectivity index (χ2n) is 7.30. The fraction of sp³-hybridized carbons (Fsp3) is 0.364. The van der Waals surface area contributed by atoms with Crippen LogP contribution in [0.25, 0.3) is 11.1 Å². The van der Waals surface area contributed by atoms with Crippen LogP contribution in [0, 0.1) is 5.92 Å². The van der Waals surface area contributed by atoms with Crippen LogP contribution in [-0.2, 0) is 14.3 Å². The third-order valence-corrected chi connectivity index (χ3v) is 5.56. The minimum absolute atomic E-state index is 0.00246. The number of amides is 1. The third kappa shape index (κ3) is 3.73. The number of aliphatic carboxylic acids is 1. The lowest BCUT2D eigenvalue weighted by Gasteiger charge is -2.31. The molecule has 0 saturated carbocycles. The van der Waals surface area contributed by atoms with Crippen LogP contribution >= 0.6 is 0 Å². The molecule has 2 unspecified atom stereocenters. The molecule has 2 atom stereocenters. The zero-order valence-electron chi connectivity index (χ0n) is 15.5. The Bertz CT molecular complexity index is 835. The molecule has 1 fully saturated rings. The number of hydrogen-bond acceptors (Lipinski definition) is 4. The molecule has 0 bridgehead atoms. The highest BCUT2D eigenvalue weighted by atomic mass is 16.5. The molecule has 1 aliphatic carbocycles. The Morgan fingerprint density at radius 2 is 1.71 bits per heavy atom. The van der Waals surface area contributed by atoms with Crippen molar-refractivity contribution in [3.8, 4) is 11.1 Å². The van der Waals surface area contributed by atoms with E-state index in [9.17, 15) is 9.59 Å². The largest absolute Gasteiger partial charge is 0.481 e. The van der Waals surface area contributed by atoms with Crippen LogP contribution in [0.5, 0.6) is 0 Å². The van der Waals surface area contributed by atoms with Crippen molar-refractivity contribution in [3.63, 3.8) is 0 Å². The normalized spacial score (nSPS) is 20.9. The van der Waals surface area contributed by atoms with Gasteiger partial charge in [-0.3, -0.25) is 4.79 Å². The summed E-state index contributed by atoms with van der Waals surface area (Å²) in [6.07, 6.45) is 0.0420. The van der Waals surface area contributed by atoms with Crippen LogP contribution in [0.2, 0.25) is 0 Å². The van der Waals surface area contributed by atoms with Crippen molar-refractivity contribution >= 4 is 12.1 Å². The summed E-state index contributed by atoms with van der Waals surface area (Å²) in [7, 11) is 0. The molecule has 4 rings (SSSR count). The highest BCUT2D eigenvalue weighted by Crippen LogP contribution is 2.44. The van der Waals surface area contributed by atoms with Crippen molar-refractivity contribution in [2.75, 3.05) is 19.8 Å². The lowest BCUT2D eigenvalue weighted by atomic mass is 9.93. The second kappa shape index (κ2) is 8.02. The summed E-state index contributed by atoms with van der Waals surface area (Å²) in [6.45, 7) is 1.08. The molecule has 0 radical (unpaired) electrons. The van der Waals surface area contributed by atoms with E-state index in [-0.39, 0.29) is 30.9 Å². The van der Waals surface area contributed by atoms with Crippen LogP contribution in [0.15, 0.2) is 48.5 Å². The Hall–Kier alpha value is -2.86. The summed E-state index contributed by atoms with van der Waals surface area (Å²) in [5.41, 5.74) is 4.67. The first-order chi connectivity index (χ1) is 13.6. The number of ether oxygens (including phenoxy) is 2. The standard InChI is InChI=1S/C22H23NO5/c24-21(25)11-14-12-27-10-9-20(14)23-22(26)28-13-19-17-7-3-1-5-15(17)16-6-2-4-8-18(16)19/h1-8,14,19-20H,9-13H2,(H,23,26)(H,24,25). The average Bonchev–Trinajstić information content (AvgIpc) is 3.01. The predicted molar refractivity (Wildman–Crippen MR) is 103 cm³/mol. The number of fused-ring (bicyclic) bond motifs is 3. The lowest BCUT2D eigenvalue weighted by Crippen LogP contribution is -2.46. The molecule has 6 nitrogen and oxygen atoms in total. The monoisotopic (exact) mass is 381 g/mol. The Labute approximate surface area is 163 Å². The first kappa shape index (κ1) is 18.5. The maximum absolute atomic E-state index is 12.4. The van der Waals surface area contributed by atoms with Gasteiger partial charge in [-0.05, 0) is 28.7 Å². The SMILES string of the molecule is O=C(O)CC1COCCC1NC(=O)OCC1c2ccccc2-c2ccccc21. The summed E-state index contributed by atoms with van der Waals surface area (Å²) in [6, 6.07) is 16.1. The summed E-state index contributed by atoms with van der Waals surface area (Å²) in [5.74, 6) is -1.13. The van der Waals surface area contributed by atoms with Gasteiger partial charge in [0.25, 0.3) is 0 Å². The topological polar surface area (TPSA) is 84.9 Å². The number of rotatable bonds is 5. The van der Waals surface area contributed by atoms with Gasteiger partial charge in [-0.25, -0.2) is 4.79 Å².